The van der Waals surface area contributed by atoms with Gasteiger partial charge in [0.25, 0.3) is 0 Å². The molecule has 0 amide bonds. The molecule has 0 aliphatic carbocycles. The number of aliphatic hydroxyl groups excluding tert-OH is 3. The van der Waals surface area contributed by atoms with Crippen LogP contribution in [0.25, 0.3) is 0 Å². The average Bonchev–Trinajstić information content (AvgIpc) is 2.92. The molecule has 0 bridgehead atoms. The van der Waals surface area contributed by atoms with Crippen LogP contribution in [-0.2, 0) is 28.8 Å². The molecule has 0 aliphatic rings. The van der Waals surface area contributed by atoms with E-state index in [1.165, 1.54) is 0 Å². The third-order valence-electron chi connectivity index (χ3n) is 3.71. The molecular formula is C24H50O15S6. The summed E-state index contributed by atoms with van der Waals surface area (Å²) >= 11 is 22.1. The second-order valence-electron chi connectivity index (χ2n) is 7.53. The summed E-state index contributed by atoms with van der Waals surface area (Å²) in [5, 5.41) is 73.2. The number of carboxylic acid groups (broad SMARTS) is 6. The topological polar surface area (TPSA) is 284 Å². The van der Waals surface area contributed by atoms with Crippen LogP contribution >= 0.6 is 75.8 Å². The average molecular weight is 771 g/mol. The Balaban J connectivity index is -0.0000000754. The zero-order valence-corrected chi connectivity index (χ0v) is 30.3. The van der Waals surface area contributed by atoms with Crippen LogP contribution in [0.3, 0.4) is 0 Å². The summed E-state index contributed by atoms with van der Waals surface area (Å²) in [6, 6.07) is 0. The van der Waals surface area contributed by atoms with Crippen molar-refractivity contribution in [3.8, 4) is 0 Å². The van der Waals surface area contributed by atoms with Gasteiger partial charge >= 0.3 is 35.8 Å². The summed E-state index contributed by atoms with van der Waals surface area (Å²) < 4.78 is 0. The third kappa shape index (κ3) is 85.9. The van der Waals surface area contributed by atoms with Crippen molar-refractivity contribution >= 4 is 112 Å². The summed E-state index contributed by atoms with van der Waals surface area (Å²) in [7, 11) is 0. The maximum Gasteiger partial charge on any atom is 0.304 e. The molecule has 0 aliphatic heterocycles. The molecular weight excluding hydrogens is 721 g/mol. The van der Waals surface area contributed by atoms with E-state index in [1.807, 2.05) is 6.92 Å². The van der Waals surface area contributed by atoms with Crippen molar-refractivity contribution in [3.63, 3.8) is 0 Å². The molecule has 0 atom stereocenters. The summed E-state index contributed by atoms with van der Waals surface area (Å²) in [6.07, 6.45) is 1.53. The normalized spacial score (nSPS) is 8.93. The fraction of sp³-hybridized carbons (Fsp3) is 0.750. The van der Waals surface area contributed by atoms with E-state index in [1.54, 1.807) is 0 Å². The lowest BCUT2D eigenvalue weighted by molar-refractivity contribution is -0.137. The van der Waals surface area contributed by atoms with E-state index in [0.29, 0.717) is 40.9 Å². The van der Waals surface area contributed by atoms with Crippen LogP contribution < -0.4 is 0 Å². The highest BCUT2D eigenvalue weighted by Crippen LogP contribution is 2.18. The van der Waals surface area contributed by atoms with Gasteiger partial charge in [0, 0.05) is 39.9 Å². The van der Waals surface area contributed by atoms with Crippen LogP contribution in [0.4, 0.5) is 0 Å². The molecule has 0 aromatic heterocycles. The van der Waals surface area contributed by atoms with Crippen LogP contribution in [0.5, 0.6) is 0 Å². The molecule has 0 unspecified atom stereocenters. The van der Waals surface area contributed by atoms with Gasteiger partial charge < -0.3 is 46.0 Å². The van der Waals surface area contributed by atoms with Crippen molar-refractivity contribution in [2.75, 3.05) is 54.3 Å². The number of rotatable bonds is 16. The van der Waals surface area contributed by atoms with Gasteiger partial charge in [-0.25, -0.2) is 0 Å². The van der Waals surface area contributed by atoms with Gasteiger partial charge in [-0.05, 0) is 6.42 Å². The number of carboxylic acids is 6. The van der Waals surface area contributed by atoms with Crippen LogP contribution in [0, 0.1) is 5.41 Å². The van der Waals surface area contributed by atoms with Crippen LogP contribution in [-0.4, -0.2) is 136 Å². The summed E-state index contributed by atoms with van der Waals surface area (Å²) in [5.74, 6) is -2.17. The maximum atomic E-state index is 9.55. The minimum atomic E-state index is -0.787. The van der Waals surface area contributed by atoms with Crippen LogP contribution in [0.15, 0.2) is 0 Å². The maximum absolute atomic E-state index is 9.55. The van der Waals surface area contributed by atoms with E-state index in [0.717, 1.165) is 0 Å². The van der Waals surface area contributed by atoms with Crippen molar-refractivity contribution in [2.24, 2.45) is 5.41 Å². The Morgan fingerprint density at radius 3 is 0.533 bits per heavy atom. The van der Waals surface area contributed by atoms with E-state index >= 15 is 0 Å². The lowest BCUT2D eigenvalue weighted by Gasteiger charge is -2.24. The molecule has 15 nitrogen and oxygen atoms in total. The minimum Gasteiger partial charge on any atom is -0.481 e. The van der Waals surface area contributed by atoms with Gasteiger partial charge in [-0.2, -0.15) is 75.8 Å². The molecule has 0 aromatic rings. The molecule has 9 N–H and O–H groups in total. The van der Waals surface area contributed by atoms with Gasteiger partial charge in [0.15, 0.2) is 0 Å². The Bertz CT molecular complexity index is 571. The van der Waals surface area contributed by atoms with E-state index < -0.39 is 41.2 Å². The van der Waals surface area contributed by atoms with Gasteiger partial charge in [0.2, 0.25) is 0 Å². The molecule has 0 heterocycles. The van der Waals surface area contributed by atoms with E-state index in [9.17, 15) is 28.8 Å². The van der Waals surface area contributed by atoms with Crippen molar-refractivity contribution in [3.05, 3.63) is 0 Å². The fourth-order valence-corrected chi connectivity index (χ4v) is 2.21. The molecule has 0 rings (SSSR count). The highest BCUT2D eigenvalue weighted by Gasteiger charge is 2.24. The van der Waals surface area contributed by atoms with E-state index in [4.69, 9.17) is 46.0 Å². The summed E-state index contributed by atoms with van der Waals surface area (Å²) in [6.45, 7) is 1.35. The van der Waals surface area contributed by atoms with Gasteiger partial charge in [-0.3, -0.25) is 28.8 Å². The smallest absolute Gasteiger partial charge is 0.304 e. The van der Waals surface area contributed by atoms with Gasteiger partial charge in [0.1, 0.15) is 0 Å². The first-order valence-electron chi connectivity index (χ1n) is 12.7. The third-order valence-corrected chi connectivity index (χ3v) is 5.05. The van der Waals surface area contributed by atoms with Crippen LogP contribution in [0.2, 0.25) is 0 Å². The first-order valence-corrected chi connectivity index (χ1v) is 16.4. The summed E-state index contributed by atoms with van der Waals surface area (Å²) in [5.41, 5.74) is -0.667. The number of hydrogen-bond donors (Lipinski definition) is 15. The molecule has 0 saturated heterocycles. The predicted molar refractivity (Wildman–Crippen MR) is 191 cm³/mol. The van der Waals surface area contributed by atoms with Gasteiger partial charge in [0.05, 0.1) is 58.3 Å². The number of aliphatic hydroxyl groups is 3. The first-order chi connectivity index (χ1) is 20.9. The highest BCUT2D eigenvalue weighted by molar-refractivity contribution is 7.81. The molecule has 21 heteroatoms. The Labute approximate surface area is 296 Å². The minimum absolute atomic E-state index is 0.156. The number of thiol groups is 6. The standard InChI is InChI=1S/C6H14O3.6C3H6O2S/c1-2-6(3-7,4-8)5-9;6*4-3(5)1-2-6/h7-9H,2-5H2,1H3;6*6H,1-2H2,(H,4,5). The van der Waals surface area contributed by atoms with Crippen molar-refractivity contribution in [1.29, 1.82) is 0 Å². The summed E-state index contributed by atoms with van der Waals surface area (Å²) in [4.78, 5) is 57.3. The molecule has 0 radical (unpaired) electrons. The molecule has 0 fully saturated rings. The number of hydrogen-bond acceptors (Lipinski definition) is 15. The van der Waals surface area contributed by atoms with Gasteiger partial charge in [-0.15, -0.1) is 0 Å². The Kier molecular flexibility index (Phi) is 65.4. The van der Waals surface area contributed by atoms with Crippen molar-refractivity contribution in [2.45, 2.75) is 51.9 Å². The molecule has 0 saturated carbocycles. The molecule has 272 valence electrons. The molecule has 0 aromatic carbocycles. The second kappa shape index (κ2) is 49.7. The number of carbonyl (C=O) groups is 6. The zero-order valence-electron chi connectivity index (χ0n) is 25.0. The molecule has 45 heavy (non-hydrogen) atoms. The fourth-order valence-electron chi connectivity index (χ4n) is 1.06. The Hall–Kier alpha value is -1.20. The van der Waals surface area contributed by atoms with Gasteiger partial charge in [-0.1, -0.05) is 6.92 Å². The highest BCUT2D eigenvalue weighted by atomic mass is 32.1. The van der Waals surface area contributed by atoms with Crippen molar-refractivity contribution in [1.82, 2.24) is 0 Å². The van der Waals surface area contributed by atoms with Crippen LogP contribution in [0.1, 0.15) is 51.9 Å². The SMILES string of the molecule is CCC(CO)(CO)CO.O=C(O)CCS.O=C(O)CCS.O=C(O)CCS.O=C(O)CCS.O=C(O)CCS.O=C(O)CCS. The lowest BCUT2D eigenvalue weighted by Crippen LogP contribution is -2.32. The Morgan fingerprint density at radius 2 is 0.533 bits per heavy atom. The predicted octanol–water partition coefficient (Wildman–Crippen LogP) is 1.71. The molecule has 0 spiro atoms. The van der Waals surface area contributed by atoms with E-state index in [2.05, 4.69) is 75.8 Å². The lowest BCUT2D eigenvalue weighted by atomic mass is 9.88. The van der Waals surface area contributed by atoms with Crippen molar-refractivity contribution < 1.29 is 74.7 Å². The monoisotopic (exact) mass is 770 g/mol. The second-order valence-corrected chi connectivity index (χ2v) is 10.2. The first kappa shape index (κ1) is 59.2. The number of aliphatic carboxylic acids is 6. The largest absolute Gasteiger partial charge is 0.481 e. The van der Waals surface area contributed by atoms with E-state index in [-0.39, 0.29) is 58.3 Å². The quantitative estimate of drug-likeness (QED) is 0.0995. The Morgan fingerprint density at radius 1 is 0.400 bits per heavy atom. The zero-order chi connectivity index (χ0) is 37.3.